The molecule has 1 amide bonds. The highest BCUT2D eigenvalue weighted by molar-refractivity contribution is 7.14. The van der Waals surface area contributed by atoms with E-state index in [1.54, 1.807) is 0 Å². The van der Waals surface area contributed by atoms with Crippen molar-refractivity contribution in [1.29, 1.82) is 0 Å². The normalized spacial score (nSPS) is 16.7. The second-order valence-electron chi connectivity index (χ2n) is 6.30. The zero-order valence-corrected chi connectivity index (χ0v) is 15.7. The van der Waals surface area contributed by atoms with Crippen LogP contribution in [0.15, 0.2) is 23.6 Å². The van der Waals surface area contributed by atoms with Gasteiger partial charge in [-0.2, -0.15) is 0 Å². The van der Waals surface area contributed by atoms with Crippen molar-refractivity contribution in [3.8, 4) is 11.3 Å². The predicted molar refractivity (Wildman–Crippen MR) is 103 cm³/mol. The summed E-state index contributed by atoms with van der Waals surface area (Å²) in [5.41, 5.74) is 4.52. The number of halogens is 1. The number of aryl methyl sites for hydroxylation is 2. The number of aromatic nitrogens is 1. The minimum absolute atomic E-state index is 0. The van der Waals surface area contributed by atoms with Gasteiger partial charge in [-0.25, -0.2) is 4.98 Å². The first kappa shape index (κ1) is 18.9. The SMILES string of the molecule is Cc1ccc(-c2csc(NC(=O)CCC3CCNC3)n2)c(C)c1.Cl. The van der Waals surface area contributed by atoms with Gasteiger partial charge in [-0.3, -0.25) is 4.79 Å². The van der Waals surface area contributed by atoms with Crippen molar-refractivity contribution >= 4 is 34.8 Å². The molecule has 24 heavy (non-hydrogen) atoms. The molecule has 1 fully saturated rings. The van der Waals surface area contributed by atoms with Crippen LogP contribution in [0.25, 0.3) is 11.3 Å². The molecule has 0 saturated carbocycles. The summed E-state index contributed by atoms with van der Waals surface area (Å²) in [6.45, 7) is 6.30. The van der Waals surface area contributed by atoms with Gasteiger partial charge in [-0.1, -0.05) is 23.8 Å². The van der Waals surface area contributed by atoms with Crippen molar-refractivity contribution in [2.45, 2.75) is 33.1 Å². The maximum Gasteiger partial charge on any atom is 0.226 e. The van der Waals surface area contributed by atoms with E-state index >= 15 is 0 Å². The largest absolute Gasteiger partial charge is 0.316 e. The monoisotopic (exact) mass is 365 g/mol. The Labute approximate surface area is 153 Å². The quantitative estimate of drug-likeness (QED) is 0.835. The molecule has 1 atom stereocenters. The summed E-state index contributed by atoms with van der Waals surface area (Å²) in [7, 11) is 0. The number of rotatable bonds is 5. The summed E-state index contributed by atoms with van der Waals surface area (Å²) in [6, 6.07) is 6.34. The smallest absolute Gasteiger partial charge is 0.226 e. The van der Waals surface area contributed by atoms with Gasteiger partial charge >= 0.3 is 0 Å². The lowest BCUT2D eigenvalue weighted by Gasteiger charge is -2.07. The Balaban J connectivity index is 0.00000208. The Hall–Kier alpha value is -1.43. The van der Waals surface area contributed by atoms with Crippen LogP contribution in [0.3, 0.4) is 0 Å². The summed E-state index contributed by atoms with van der Waals surface area (Å²) in [4.78, 5) is 16.6. The van der Waals surface area contributed by atoms with Crippen LogP contribution in [0.4, 0.5) is 5.13 Å². The van der Waals surface area contributed by atoms with Crippen LogP contribution >= 0.6 is 23.7 Å². The van der Waals surface area contributed by atoms with Crippen LogP contribution < -0.4 is 10.6 Å². The van der Waals surface area contributed by atoms with Gasteiger partial charge in [0.1, 0.15) is 0 Å². The average Bonchev–Trinajstić information content (AvgIpc) is 3.17. The van der Waals surface area contributed by atoms with Crippen molar-refractivity contribution in [3.05, 3.63) is 34.7 Å². The fourth-order valence-corrected chi connectivity index (χ4v) is 3.76. The number of hydrogen-bond acceptors (Lipinski definition) is 4. The maximum absolute atomic E-state index is 12.1. The van der Waals surface area contributed by atoms with Crippen LogP contribution in [0.5, 0.6) is 0 Å². The van der Waals surface area contributed by atoms with Gasteiger partial charge in [-0.05, 0) is 51.3 Å². The Bertz CT molecular complexity index is 695. The van der Waals surface area contributed by atoms with Crippen molar-refractivity contribution in [2.24, 2.45) is 5.92 Å². The van der Waals surface area contributed by atoms with Gasteiger partial charge in [0.25, 0.3) is 0 Å². The highest BCUT2D eigenvalue weighted by Gasteiger charge is 2.16. The third kappa shape index (κ3) is 4.79. The molecule has 3 rings (SSSR count). The molecule has 2 N–H and O–H groups in total. The number of amides is 1. The summed E-state index contributed by atoms with van der Waals surface area (Å²) in [5, 5.41) is 8.97. The Morgan fingerprint density at radius 1 is 1.42 bits per heavy atom. The molecule has 0 spiro atoms. The number of anilines is 1. The first-order chi connectivity index (χ1) is 11.1. The van der Waals surface area contributed by atoms with E-state index in [0.29, 0.717) is 17.5 Å². The minimum atomic E-state index is 0. The summed E-state index contributed by atoms with van der Waals surface area (Å²) < 4.78 is 0. The molecule has 1 unspecified atom stereocenters. The highest BCUT2D eigenvalue weighted by Crippen LogP contribution is 2.28. The van der Waals surface area contributed by atoms with Gasteiger partial charge < -0.3 is 10.6 Å². The molecule has 0 bridgehead atoms. The van der Waals surface area contributed by atoms with E-state index < -0.39 is 0 Å². The van der Waals surface area contributed by atoms with E-state index in [9.17, 15) is 4.79 Å². The van der Waals surface area contributed by atoms with Gasteiger partial charge in [0.05, 0.1) is 5.69 Å². The van der Waals surface area contributed by atoms with Crippen LogP contribution in [-0.4, -0.2) is 24.0 Å². The molecule has 2 aromatic rings. The van der Waals surface area contributed by atoms with Crippen molar-refractivity contribution in [2.75, 3.05) is 18.4 Å². The van der Waals surface area contributed by atoms with Gasteiger partial charge in [-0.15, -0.1) is 23.7 Å². The minimum Gasteiger partial charge on any atom is -0.316 e. The highest BCUT2D eigenvalue weighted by atomic mass is 35.5. The van der Waals surface area contributed by atoms with E-state index in [1.807, 2.05) is 5.38 Å². The number of nitrogens with zero attached hydrogens (tertiary/aromatic N) is 1. The second-order valence-corrected chi connectivity index (χ2v) is 7.16. The number of carbonyl (C=O) groups excluding carboxylic acids is 1. The predicted octanol–water partition coefficient (Wildman–Crippen LogP) is 4.18. The van der Waals surface area contributed by atoms with Crippen LogP contribution in [-0.2, 0) is 4.79 Å². The number of thiazole rings is 1. The van der Waals surface area contributed by atoms with Crippen LogP contribution in [0.1, 0.15) is 30.4 Å². The van der Waals surface area contributed by atoms with Gasteiger partial charge in [0, 0.05) is 17.4 Å². The van der Waals surface area contributed by atoms with E-state index in [-0.39, 0.29) is 18.3 Å². The number of benzene rings is 1. The summed E-state index contributed by atoms with van der Waals surface area (Å²) in [5.74, 6) is 0.709. The molecule has 1 aromatic heterocycles. The molecule has 4 nitrogen and oxygen atoms in total. The first-order valence-electron chi connectivity index (χ1n) is 8.15. The average molecular weight is 366 g/mol. The summed E-state index contributed by atoms with van der Waals surface area (Å²) in [6.07, 6.45) is 2.71. The molecule has 6 heteroatoms. The third-order valence-electron chi connectivity index (χ3n) is 4.35. The van der Waals surface area contributed by atoms with Gasteiger partial charge in [0.2, 0.25) is 5.91 Å². The summed E-state index contributed by atoms with van der Waals surface area (Å²) >= 11 is 1.49. The van der Waals surface area contributed by atoms with Crippen LogP contribution in [0.2, 0.25) is 0 Å². The molecule has 0 aliphatic carbocycles. The third-order valence-corrected chi connectivity index (χ3v) is 5.11. The Kier molecular flexibility index (Phi) is 6.78. The number of nitrogens with one attached hydrogen (secondary N) is 2. The molecule has 1 aliphatic rings. The molecule has 1 saturated heterocycles. The van der Waals surface area contributed by atoms with E-state index in [2.05, 4.69) is 47.7 Å². The van der Waals surface area contributed by atoms with Crippen molar-refractivity contribution in [1.82, 2.24) is 10.3 Å². The topological polar surface area (TPSA) is 54.0 Å². The van der Waals surface area contributed by atoms with Gasteiger partial charge in [0.15, 0.2) is 5.13 Å². The molecule has 130 valence electrons. The zero-order valence-electron chi connectivity index (χ0n) is 14.1. The van der Waals surface area contributed by atoms with Crippen molar-refractivity contribution in [3.63, 3.8) is 0 Å². The molecule has 1 aromatic carbocycles. The standard InChI is InChI=1S/C18H23N3OS.ClH/c1-12-3-5-15(13(2)9-12)16-11-23-18(20-16)21-17(22)6-4-14-7-8-19-10-14;/h3,5,9,11,14,19H,4,6-8,10H2,1-2H3,(H,20,21,22);1H. The first-order valence-corrected chi connectivity index (χ1v) is 9.03. The molecule has 0 radical (unpaired) electrons. The zero-order chi connectivity index (χ0) is 16.2. The Morgan fingerprint density at radius 3 is 2.96 bits per heavy atom. The number of hydrogen-bond donors (Lipinski definition) is 2. The lowest BCUT2D eigenvalue weighted by atomic mass is 10.0. The lowest BCUT2D eigenvalue weighted by molar-refractivity contribution is -0.116. The number of carbonyl (C=O) groups is 1. The molecular formula is C18H24ClN3OS. The lowest BCUT2D eigenvalue weighted by Crippen LogP contribution is -2.14. The van der Waals surface area contributed by atoms with E-state index in [4.69, 9.17) is 0 Å². The van der Waals surface area contributed by atoms with E-state index in [1.165, 1.54) is 28.9 Å². The van der Waals surface area contributed by atoms with E-state index in [0.717, 1.165) is 30.8 Å². The fourth-order valence-electron chi connectivity index (χ4n) is 3.03. The Morgan fingerprint density at radius 2 is 2.25 bits per heavy atom. The second kappa shape index (κ2) is 8.60. The molecule has 2 heterocycles. The fraction of sp³-hybridized carbons (Fsp3) is 0.444. The van der Waals surface area contributed by atoms with Crippen molar-refractivity contribution < 1.29 is 4.79 Å². The maximum atomic E-state index is 12.1. The van der Waals surface area contributed by atoms with Crippen LogP contribution in [0, 0.1) is 19.8 Å². The molecule has 1 aliphatic heterocycles. The molecular weight excluding hydrogens is 342 g/mol.